The minimum Gasteiger partial charge on any atom is -0.454 e. The number of likely N-dealkylation sites (tertiary alicyclic amines) is 1. The molecule has 6 rings (SSSR count). The SMILES string of the molecule is O=C(Nc1ncc(C(c2cc(F)ccc2F)N2CCCC2)s1)C1(c2ccc3c(c2)OCO3)CC1. The second-order valence-electron chi connectivity index (χ2n) is 8.98. The lowest BCUT2D eigenvalue weighted by molar-refractivity contribution is -0.118. The van der Waals surface area contributed by atoms with Crippen LogP contribution in [0.15, 0.2) is 42.6 Å². The normalized spacial score (nSPS) is 19.2. The van der Waals surface area contributed by atoms with Crippen LogP contribution in [0.25, 0.3) is 0 Å². The average molecular weight is 484 g/mol. The molecule has 2 aliphatic heterocycles. The van der Waals surface area contributed by atoms with Crippen molar-refractivity contribution in [2.24, 2.45) is 0 Å². The van der Waals surface area contributed by atoms with E-state index in [0.29, 0.717) is 22.2 Å². The van der Waals surface area contributed by atoms with E-state index in [1.807, 2.05) is 18.2 Å². The number of hydrogen-bond donors (Lipinski definition) is 1. The zero-order valence-corrected chi connectivity index (χ0v) is 19.2. The number of amides is 1. The van der Waals surface area contributed by atoms with Gasteiger partial charge in [-0.15, -0.1) is 0 Å². The minimum absolute atomic E-state index is 0.123. The summed E-state index contributed by atoms with van der Waals surface area (Å²) in [4.78, 5) is 20.6. The summed E-state index contributed by atoms with van der Waals surface area (Å²) in [6, 6.07) is 8.73. The van der Waals surface area contributed by atoms with Crippen molar-refractivity contribution in [3.63, 3.8) is 0 Å². The van der Waals surface area contributed by atoms with Gasteiger partial charge in [0.25, 0.3) is 0 Å². The predicted molar refractivity (Wildman–Crippen MR) is 123 cm³/mol. The number of hydrogen-bond acceptors (Lipinski definition) is 6. The molecule has 0 bridgehead atoms. The molecule has 6 nitrogen and oxygen atoms in total. The number of benzene rings is 2. The quantitative estimate of drug-likeness (QED) is 0.534. The van der Waals surface area contributed by atoms with Gasteiger partial charge in [0, 0.05) is 16.6 Å². The summed E-state index contributed by atoms with van der Waals surface area (Å²) in [5.41, 5.74) is 0.570. The number of carbonyl (C=O) groups excluding carboxylic acids is 1. The van der Waals surface area contributed by atoms with E-state index in [0.717, 1.165) is 55.3 Å². The molecule has 3 heterocycles. The van der Waals surface area contributed by atoms with Crippen molar-refractivity contribution in [3.8, 4) is 11.5 Å². The molecule has 0 spiro atoms. The molecule has 1 saturated heterocycles. The van der Waals surface area contributed by atoms with Crippen molar-refractivity contribution in [1.82, 2.24) is 9.88 Å². The molecule has 1 aliphatic carbocycles. The standard InChI is InChI=1S/C25H23F2N3O3S/c26-16-4-5-18(27)17(12-16)22(30-9-1-2-10-30)21-13-28-24(34-21)29-23(31)25(7-8-25)15-3-6-19-20(11-15)33-14-32-19/h3-6,11-13,22H,1-2,7-10,14H2,(H,28,29,31). The number of nitrogens with zero attached hydrogens (tertiary/aromatic N) is 2. The molecule has 1 amide bonds. The first kappa shape index (κ1) is 21.5. The summed E-state index contributed by atoms with van der Waals surface area (Å²) < 4.78 is 39.6. The van der Waals surface area contributed by atoms with Crippen molar-refractivity contribution in [2.45, 2.75) is 37.1 Å². The molecule has 34 heavy (non-hydrogen) atoms. The van der Waals surface area contributed by atoms with E-state index >= 15 is 0 Å². The van der Waals surface area contributed by atoms with E-state index in [9.17, 15) is 13.6 Å². The molecule has 1 aromatic heterocycles. The van der Waals surface area contributed by atoms with E-state index in [1.165, 1.54) is 23.5 Å². The number of fused-ring (bicyclic) bond motifs is 1. The third-order valence-electron chi connectivity index (χ3n) is 6.88. The van der Waals surface area contributed by atoms with Gasteiger partial charge >= 0.3 is 0 Å². The number of nitrogens with one attached hydrogen (secondary N) is 1. The lowest BCUT2D eigenvalue weighted by atomic mass is 9.94. The van der Waals surface area contributed by atoms with E-state index in [-0.39, 0.29) is 12.7 Å². The minimum atomic E-state index is -0.615. The summed E-state index contributed by atoms with van der Waals surface area (Å²) in [6.45, 7) is 1.78. The third-order valence-corrected chi connectivity index (χ3v) is 7.85. The number of carbonyl (C=O) groups is 1. The van der Waals surface area contributed by atoms with Crippen LogP contribution in [0.1, 0.15) is 47.7 Å². The number of aromatic nitrogens is 1. The van der Waals surface area contributed by atoms with Crippen molar-refractivity contribution >= 4 is 22.4 Å². The maximum atomic E-state index is 14.7. The van der Waals surface area contributed by atoms with Gasteiger partial charge < -0.3 is 14.8 Å². The number of thiazole rings is 1. The van der Waals surface area contributed by atoms with Gasteiger partial charge in [-0.25, -0.2) is 13.8 Å². The van der Waals surface area contributed by atoms with Crippen LogP contribution in [0.4, 0.5) is 13.9 Å². The van der Waals surface area contributed by atoms with Crippen LogP contribution >= 0.6 is 11.3 Å². The molecule has 3 aromatic rings. The largest absolute Gasteiger partial charge is 0.454 e. The Kier molecular flexibility index (Phi) is 5.26. The van der Waals surface area contributed by atoms with Gasteiger partial charge in [0.05, 0.1) is 11.5 Å². The monoisotopic (exact) mass is 483 g/mol. The van der Waals surface area contributed by atoms with Gasteiger partial charge in [0.2, 0.25) is 12.7 Å². The maximum absolute atomic E-state index is 14.7. The summed E-state index contributed by atoms with van der Waals surface area (Å²) in [5.74, 6) is 0.290. The zero-order chi connectivity index (χ0) is 23.3. The lowest BCUT2D eigenvalue weighted by Gasteiger charge is -2.27. The highest BCUT2D eigenvalue weighted by Crippen LogP contribution is 2.51. The van der Waals surface area contributed by atoms with Crippen molar-refractivity contribution in [2.75, 3.05) is 25.2 Å². The predicted octanol–water partition coefficient (Wildman–Crippen LogP) is 5.01. The summed E-state index contributed by atoms with van der Waals surface area (Å²) in [6.07, 6.45) is 5.15. The molecule has 1 N–H and O–H groups in total. The lowest BCUT2D eigenvalue weighted by Crippen LogP contribution is -2.27. The van der Waals surface area contributed by atoms with Gasteiger partial charge in [-0.1, -0.05) is 17.4 Å². The molecule has 1 unspecified atom stereocenters. The van der Waals surface area contributed by atoms with Crippen LogP contribution in [0.2, 0.25) is 0 Å². The smallest absolute Gasteiger partial charge is 0.236 e. The van der Waals surface area contributed by atoms with Crippen LogP contribution in [0.5, 0.6) is 11.5 Å². The van der Waals surface area contributed by atoms with Gasteiger partial charge in [0.1, 0.15) is 11.6 Å². The van der Waals surface area contributed by atoms with E-state index in [2.05, 4.69) is 15.2 Å². The van der Waals surface area contributed by atoms with Crippen LogP contribution < -0.4 is 14.8 Å². The summed E-state index contributed by atoms with van der Waals surface area (Å²) >= 11 is 1.31. The topological polar surface area (TPSA) is 63.7 Å². The first-order chi connectivity index (χ1) is 16.5. The fraction of sp³-hybridized carbons (Fsp3) is 0.360. The Hall–Kier alpha value is -3.04. The number of rotatable bonds is 6. The van der Waals surface area contributed by atoms with Crippen molar-refractivity contribution in [3.05, 3.63) is 70.2 Å². The highest BCUT2D eigenvalue weighted by molar-refractivity contribution is 7.15. The Morgan fingerprint density at radius 2 is 1.88 bits per heavy atom. The average Bonchev–Trinajstić information content (AvgIpc) is 3.19. The summed E-state index contributed by atoms with van der Waals surface area (Å²) in [7, 11) is 0. The van der Waals surface area contributed by atoms with Crippen molar-refractivity contribution < 1.29 is 23.0 Å². The van der Waals surface area contributed by atoms with Crippen LogP contribution in [-0.2, 0) is 10.2 Å². The van der Waals surface area contributed by atoms with E-state index in [4.69, 9.17) is 9.47 Å². The third kappa shape index (κ3) is 3.73. The van der Waals surface area contributed by atoms with Crippen LogP contribution in [0.3, 0.4) is 0 Å². The fourth-order valence-corrected chi connectivity index (χ4v) is 5.87. The molecule has 0 radical (unpaired) electrons. The van der Waals surface area contributed by atoms with Crippen LogP contribution in [0, 0.1) is 11.6 Å². The first-order valence-electron chi connectivity index (χ1n) is 11.4. The fourth-order valence-electron chi connectivity index (χ4n) is 4.91. The first-order valence-corrected chi connectivity index (χ1v) is 12.2. The van der Waals surface area contributed by atoms with Gasteiger partial charge in [0.15, 0.2) is 16.6 Å². The van der Waals surface area contributed by atoms with Gasteiger partial charge in [-0.2, -0.15) is 0 Å². The molecular formula is C25H23F2N3O3S. The molecule has 2 fully saturated rings. The Morgan fingerprint density at radius 3 is 2.68 bits per heavy atom. The Bertz CT molecular complexity index is 1250. The van der Waals surface area contributed by atoms with Crippen molar-refractivity contribution in [1.29, 1.82) is 0 Å². The van der Waals surface area contributed by atoms with Gasteiger partial charge in [-0.3, -0.25) is 9.69 Å². The molecular weight excluding hydrogens is 460 g/mol. The number of anilines is 1. The Morgan fingerprint density at radius 1 is 1.09 bits per heavy atom. The second-order valence-corrected chi connectivity index (χ2v) is 10.0. The van der Waals surface area contributed by atoms with Crippen LogP contribution in [-0.4, -0.2) is 35.7 Å². The van der Waals surface area contributed by atoms with E-state index in [1.54, 1.807) is 6.20 Å². The second kappa shape index (κ2) is 8.32. The molecule has 3 aliphatic rings. The molecule has 1 atom stereocenters. The highest BCUT2D eigenvalue weighted by atomic mass is 32.1. The summed E-state index contributed by atoms with van der Waals surface area (Å²) in [5, 5.41) is 3.42. The number of halogens is 2. The van der Waals surface area contributed by atoms with Gasteiger partial charge in [-0.05, 0) is 74.7 Å². The Labute approximate surface area is 199 Å². The highest BCUT2D eigenvalue weighted by Gasteiger charge is 2.52. The number of ether oxygens (including phenoxy) is 2. The zero-order valence-electron chi connectivity index (χ0n) is 18.4. The maximum Gasteiger partial charge on any atom is 0.236 e. The molecule has 2 aromatic carbocycles. The molecule has 9 heteroatoms. The molecule has 176 valence electrons. The van der Waals surface area contributed by atoms with E-state index < -0.39 is 23.1 Å². The molecule has 1 saturated carbocycles. The Balaban J connectivity index is 1.26.